The third-order valence-electron chi connectivity index (χ3n) is 6.25. The lowest BCUT2D eigenvalue weighted by Gasteiger charge is -2.34. The molecule has 1 saturated heterocycles. The second-order valence-corrected chi connectivity index (χ2v) is 8.61. The van der Waals surface area contributed by atoms with Gasteiger partial charge in [0.1, 0.15) is 23.7 Å². The highest BCUT2D eigenvalue weighted by molar-refractivity contribution is 5.89. The van der Waals surface area contributed by atoms with E-state index in [2.05, 4.69) is 36.0 Å². The quantitative estimate of drug-likeness (QED) is 0.355. The maximum Gasteiger partial charge on any atom is 0.258 e. The molecule has 5 heterocycles. The van der Waals surface area contributed by atoms with E-state index < -0.39 is 25.2 Å². The van der Waals surface area contributed by atoms with Crippen LogP contribution in [0.2, 0.25) is 0 Å². The molecule has 0 bridgehead atoms. The average Bonchev–Trinajstić information content (AvgIpc) is 3.47. The molecule has 4 aromatic rings. The van der Waals surface area contributed by atoms with Gasteiger partial charge >= 0.3 is 0 Å². The van der Waals surface area contributed by atoms with Gasteiger partial charge in [-0.2, -0.15) is 4.98 Å². The number of methoxy groups -OCH3 is 1. The lowest BCUT2D eigenvalue weighted by molar-refractivity contribution is 0.0918. The fourth-order valence-corrected chi connectivity index (χ4v) is 4.44. The van der Waals surface area contributed by atoms with Gasteiger partial charge in [-0.25, -0.2) is 27.4 Å². The summed E-state index contributed by atoms with van der Waals surface area (Å²) in [6.07, 6.45) is -1.29. The molecule has 36 heavy (non-hydrogen) atoms. The Morgan fingerprint density at radius 3 is 2.83 bits per heavy atom. The van der Waals surface area contributed by atoms with E-state index in [1.807, 2.05) is 11.0 Å². The van der Waals surface area contributed by atoms with Gasteiger partial charge in [-0.1, -0.05) is 5.21 Å². The molecule has 0 unspecified atom stereocenters. The van der Waals surface area contributed by atoms with Crippen LogP contribution < -0.4 is 10.6 Å². The Kier molecular flexibility index (Phi) is 6.87. The fourth-order valence-electron chi connectivity index (χ4n) is 4.44. The minimum absolute atomic E-state index is 0.267. The zero-order chi connectivity index (χ0) is 25.2. The Bertz CT molecular complexity index is 1340. The van der Waals surface area contributed by atoms with Crippen molar-refractivity contribution in [2.45, 2.75) is 31.6 Å². The number of nitrogens with zero attached hydrogens (tertiary/aromatic N) is 8. The fraction of sp³-hybridized carbons (Fsp3) is 0.500. The van der Waals surface area contributed by atoms with Crippen molar-refractivity contribution in [2.75, 3.05) is 51.0 Å². The topological polar surface area (TPSA) is 110 Å². The van der Waals surface area contributed by atoms with Crippen LogP contribution in [0.1, 0.15) is 6.42 Å². The van der Waals surface area contributed by atoms with E-state index in [1.165, 1.54) is 0 Å². The van der Waals surface area contributed by atoms with Gasteiger partial charge in [0.15, 0.2) is 11.5 Å². The first-order valence-corrected chi connectivity index (χ1v) is 11.6. The van der Waals surface area contributed by atoms with Crippen molar-refractivity contribution >= 4 is 28.4 Å². The summed E-state index contributed by atoms with van der Waals surface area (Å²) >= 11 is 0. The van der Waals surface area contributed by atoms with Crippen LogP contribution >= 0.6 is 0 Å². The van der Waals surface area contributed by atoms with Crippen LogP contribution in [0.5, 0.6) is 0 Å². The molecule has 4 aromatic heterocycles. The summed E-state index contributed by atoms with van der Waals surface area (Å²) < 4.78 is 48.5. The molecule has 1 aliphatic heterocycles. The van der Waals surface area contributed by atoms with Gasteiger partial charge in [0, 0.05) is 45.6 Å². The number of fused-ring (bicyclic) bond motifs is 2. The van der Waals surface area contributed by atoms with E-state index in [-0.39, 0.29) is 5.65 Å². The molecule has 0 spiro atoms. The summed E-state index contributed by atoms with van der Waals surface area (Å²) in [6.45, 7) is 1.74. The van der Waals surface area contributed by atoms with Crippen LogP contribution in [0.4, 0.5) is 24.9 Å². The van der Waals surface area contributed by atoms with E-state index in [0.29, 0.717) is 60.2 Å². The van der Waals surface area contributed by atoms with Crippen molar-refractivity contribution in [3.8, 4) is 11.3 Å². The highest BCUT2D eigenvalue weighted by atomic mass is 19.3. The zero-order valence-electron chi connectivity index (χ0n) is 19.9. The Morgan fingerprint density at radius 1 is 1.22 bits per heavy atom. The zero-order valence-corrected chi connectivity index (χ0v) is 19.9. The Morgan fingerprint density at radius 2 is 2.08 bits per heavy atom. The SMILES string of the molecule is CNc1nc(N[C@H]2CCN(CCOC)C[C@H]2F)nn2ccc(-c3ccc4nnn(CC(F)F)c4n3)c12. The Balaban J connectivity index is 1.42. The summed E-state index contributed by atoms with van der Waals surface area (Å²) in [5, 5.41) is 18.4. The third-order valence-corrected chi connectivity index (χ3v) is 6.25. The molecule has 0 aromatic carbocycles. The van der Waals surface area contributed by atoms with Gasteiger partial charge in [0.25, 0.3) is 6.43 Å². The van der Waals surface area contributed by atoms with Crippen LogP contribution in [0.15, 0.2) is 24.4 Å². The standard InChI is InChI=1S/C22H27F3N10O/c1-26-20-19-13(15-3-4-17-21(27-15)35(32-30-17)12-18(24)25)5-8-34(19)31-22(29-20)28-16-6-7-33(9-10-36-2)11-14(16)23/h3-5,8,14,16,18H,6-7,9-12H2,1-2H3,(H2,26,28,29,31)/t14-,16+/m1/s1. The Labute approximate surface area is 204 Å². The van der Waals surface area contributed by atoms with E-state index in [0.717, 1.165) is 11.2 Å². The van der Waals surface area contributed by atoms with E-state index in [4.69, 9.17) is 4.74 Å². The average molecular weight is 505 g/mol. The first kappa shape index (κ1) is 24.2. The monoisotopic (exact) mass is 504 g/mol. The first-order valence-electron chi connectivity index (χ1n) is 11.6. The second kappa shape index (κ2) is 10.2. The molecule has 192 valence electrons. The highest BCUT2D eigenvalue weighted by Crippen LogP contribution is 2.30. The molecular weight excluding hydrogens is 477 g/mol. The number of rotatable bonds is 9. The molecule has 11 nitrogen and oxygen atoms in total. The largest absolute Gasteiger partial charge is 0.383 e. The van der Waals surface area contributed by atoms with Crippen molar-refractivity contribution in [3.05, 3.63) is 24.4 Å². The molecule has 1 aliphatic rings. The van der Waals surface area contributed by atoms with Crippen molar-refractivity contribution < 1.29 is 17.9 Å². The molecule has 5 rings (SSSR count). The summed E-state index contributed by atoms with van der Waals surface area (Å²) in [4.78, 5) is 11.2. The van der Waals surface area contributed by atoms with Gasteiger partial charge in [-0.15, -0.1) is 10.2 Å². The number of halogens is 3. The minimum atomic E-state index is -2.58. The number of hydrogen-bond acceptors (Lipinski definition) is 9. The summed E-state index contributed by atoms with van der Waals surface area (Å²) in [5.74, 6) is 0.816. The van der Waals surface area contributed by atoms with E-state index in [1.54, 1.807) is 37.0 Å². The van der Waals surface area contributed by atoms with Crippen LogP contribution in [0.3, 0.4) is 0 Å². The number of hydrogen-bond donors (Lipinski definition) is 2. The van der Waals surface area contributed by atoms with E-state index >= 15 is 0 Å². The van der Waals surface area contributed by atoms with Gasteiger partial charge in [0.05, 0.1) is 18.3 Å². The van der Waals surface area contributed by atoms with Gasteiger partial charge in [0.2, 0.25) is 5.95 Å². The number of nitrogens with one attached hydrogen (secondary N) is 2. The summed E-state index contributed by atoms with van der Waals surface area (Å²) in [7, 11) is 3.36. The molecule has 0 amide bonds. The van der Waals surface area contributed by atoms with Crippen molar-refractivity contribution in [1.82, 2.24) is 39.5 Å². The predicted molar refractivity (Wildman–Crippen MR) is 128 cm³/mol. The maximum atomic E-state index is 14.9. The Hall–Kier alpha value is -3.52. The molecule has 14 heteroatoms. The number of aromatic nitrogens is 7. The number of anilines is 2. The highest BCUT2D eigenvalue weighted by Gasteiger charge is 2.30. The van der Waals surface area contributed by atoms with Crippen LogP contribution in [-0.2, 0) is 11.3 Å². The number of piperidine rings is 1. The summed E-state index contributed by atoms with van der Waals surface area (Å²) in [6, 6.07) is 4.84. The van der Waals surface area contributed by atoms with Crippen LogP contribution in [0.25, 0.3) is 27.9 Å². The number of likely N-dealkylation sites (tertiary alicyclic amines) is 1. The number of alkyl halides is 3. The number of ether oxygens (including phenoxy) is 1. The molecule has 0 saturated carbocycles. The molecule has 0 aliphatic carbocycles. The third kappa shape index (κ3) is 4.78. The van der Waals surface area contributed by atoms with Crippen LogP contribution in [0, 0.1) is 0 Å². The minimum Gasteiger partial charge on any atom is -0.383 e. The second-order valence-electron chi connectivity index (χ2n) is 8.61. The lowest BCUT2D eigenvalue weighted by Crippen LogP contribution is -2.48. The first-order chi connectivity index (χ1) is 17.5. The smallest absolute Gasteiger partial charge is 0.258 e. The van der Waals surface area contributed by atoms with Crippen molar-refractivity contribution in [3.63, 3.8) is 0 Å². The van der Waals surface area contributed by atoms with Gasteiger partial charge in [-0.3, -0.25) is 4.90 Å². The van der Waals surface area contributed by atoms with Gasteiger partial charge in [-0.05, 0) is 24.6 Å². The molecule has 2 N–H and O–H groups in total. The van der Waals surface area contributed by atoms with Crippen molar-refractivity contribution in [2.24, 2.45) is 0 Å². The normalized spacial score (nSPS) is 18.9. The molecule has 0 radical (unpaired) electrons. The molecular formula is C22H27F3N10O. The predicted octanol–water partition coefficient (Wildman–Crippen LogP) is 2.31. The van der Waals surface area contributed by atoms with Gasteiger partial charge < -0.3 is 15.4 Å². The molecule has 2 atom stereocenters. The van der Waals surface area contributed by atoms with E-state index in [9.17, 15) is 13.2 Å². The summed E-state index contributed by atoms with van der Waals surface area (Å²) in [5.41, 5.74) is 2.58. The van der Waals surface area contributed by atoms with Crippen molar-refractivity contribution in [1.29, 1.82) is 0 Å². The van der Waals surface area contributed by atoms with Crippen LogP contribution in [-0.4, -0.2) is 98.5 Å². The maximum absolute atomic E-state index is 14.9. The number of pyridine rings is 1. The lowest BCUT2D eigenvalue weighted by atomic mass is 10.0. The molecule has 1 fully saturated rings.